The molecule has 2 N–H and O–H groups in total. The average molecular weight is 287 g/mol. The van der Waals surface area contributed by atoms with Gasteiger partial charge in [0, 0.05) is 11.4 Å². The fourth-order valence-corrected chi connectivity index (χ4v) is 3.04. The first-order chi connectivity index (χ1) is 10.8. The smallest absolute Gasteiger partial charge is 0.148 e. The molecule has 1 aliphatic carbocycles. The number of rotatable bonds is 2. The SMILES string of the molecule is Nc1ccc(C2N=C3C=CC=CC3N2c2ccccc2)cc1. The highest BCUT2D eigenvalue weighted by Crippen LogP contribution is 2.37. The van der Waals surface area contributed by atoms with E-state index in [1.165, 1.54) is 5.69 Å². The molecular formula is C19H17N3. The molecule has 22 heavy (non-hydrogen) atoms. The van der Waals surface area contributed by atoms with Gasteiger partial charge in [-0.25, -0.2) is 0 Å². The van der Waals surface area contributed by atoms with E-state index in [0.29, 0.717) is 0 Å². The molecule has 2 atom stereocenters. The predicted molar refractivity (Wildman–Crippen MR) is 92.0 cm³/mol. The van der Waals surface area contributed by atoms with Gasteiger partial charge in [-0.2, -0.15) is 0 Å². The molecule has 1 heterocycles. The number of hydrogen-bond acceptors (Lipinski definition) is 3. The minimum Gasteiger partial charge on any atom is -0.399 e. The molecule has 2 aliphatic rings. The van der Waals surface area contributed by atoms with Gasteiger partial charge in [0.1, 0.15) is 6.17 Å². The Labute approximate surface area is 130 Å². The first-order valence-corrected chi connectivity index (χ1v) is 7.44. The van der Waals surface area contributed by atoms with Crippen LogP contribution in [-0.4, -0.2) is 11.8 Å². The van der Waals surface area contributed by atoms with Gasteiger partial charge in [0.15, 0.2) is 0 Å². The largest absolute Gasteiger partial charge is 0.399 e. The third-order valence-electron chi connectivity index (χ3n) is 4.10. The molecule has 0 saturated heterocycles. The topological polar surface area (TPSA) is 41.6 Å². The summed E-state index contributed by atoms with van der Waals surface area (Å²) < 4.78 is 0. The van der Waals surface area contributed by atoms with Crippen LogP contribution in [-0.2, 0) is 0 Å². The Kier molecular flexibility index (Phi) is 3.04. The van der Waals surface area contributed by atoms with E-state index in [9.17, 15) is 0 Å². The molecule has 0 fully saturated rings. The third kappa shape index (κ3) is 2.11. The van der Waals surface area contributed by atoms with Crippen LogP contribution in [0.3, 0.4) is 0 Å². The lowest BCUT2D eigenvalue weighted by molar-refractivity contribution is 0.696. The molecule has 2 unspecified atom stereocenters. The molecule has 1 aliphatic heterocycles. The number of nitrogens with two attached hydrogens (primary N) is 1. The van der Waals surface area contributed by atoms with Gasteiger partial charge in [-0.3, -0.25) is 4.99 Å². The van der Waals surface area contributed by atoms with Crippen LogP contribution in [0.25, 0.3) is 0 Å². The minimum absolute atomic E-state index is 0.0181. The lowest BCUT2D eigenvalue weighted by Crippen LogP contribution is -2.35. The lowest BCUT2D eigenvalue weighted by atomic mass is 10.0. The molecule has 0 spiro atoms. The lowest BCUT2D eigenvalue weighted by Gasteiger charge is -2.31. The number of nitrogens with zero attached hydrogens (tertiary/aromatic N) is 2. The molecule has 0 amide bonds. The first-order valence-electron chi connectivity index (χ1n) is 7.44. The zero-order valence-electron chi connectivity index (χ0n) is 12.1. The summed E-state index contributed by atoms with van der Waals surface area (Å²) in [7, 11) is 0. The Bertz CT molecular complexity index is 757. The number of aliphatic imine (C=N–C) groups is 1. The Balaban J connectivity index is 1.80. The molecule has 0 radical (unpaired) electrons. The fraction of sp³-hybridized carbons (Fsp3) is 0.105. The number of allylic oxidation sites excluding steroid dienone is 2. The fourth-order valence-electron chi connectivity index (χ4n) is 3.04. The van der Waals surface area contributed by atoms with Gasteiger partial charge < -0.3 is 10.6 Å². The van der Waals surface area contributed by atoms with E-state index in [2.05, 4.69) is 59.5 Å². The molecule has 4 rings (SSSR count). The summed E-state index contributed by atoms with van der Waals surface area (Å²) in [4.78, 5) is 7.28. The van der Waals surface area contributed by atoms with E-state index in [1.807, 2.05) is 24.3 Å². The maximum absolute atomic E-state index is 5.82. The Morgan fingerprint density at radius 1 is 0.909 bits per heavy atom. The standard InChI is InChI=1S/C19H17N3/c20-15-12-10-14(11-13-15)19-21-17-8-4-5-9-18(17)22(19)16-6-2-1-3-7-16/h1-13,18-19H,20H2. The summed E-state index contributed by atoms with van der Waals surface area (Å²) in [6.45, 7) is 0. The number of benzene rings is 2. The average Bonchev–Trinajstić information content (AvgIpc) is 2.96. The van der Waals surface area contributed by atoms with E-state index < -0.39 is 0 Å². The Morgan fingerprint density at radius 2 is 1.68 bits per heavy atom. The maximum atomic E-state index is 5.82. The molecule has 3 heteroatoms. The van der Waals surface area contributed by atoms with Gasteiger partial charge in [-0.05, 0) is 35.9 Å². The van der Waals surface area contributed by atoms with Crippen LogP contribution < -0.4 is 10.6 Å². The molecule has 108 valence electrons. The summed E-state index contributed by atoms with van der Waals surface area (Å²) in [6, 6.07) is 18.6. The molecule has 3 nitrogen and oxygen atoms in total. The van der Waals surface area contributed by atoms with Crippen LogP contribution in [0, 0.1) is 0 Å². The van der Waals surface area contributed by atoms with Crippen LogP contribution in [0.5, 0.6) is 0 Å². The van der Waals surface area contributed by atoms with Crippen molar-refractivity contribution in [3.8, 4) is 0 Å². The molecule has 0 aromatic heterocycles. The van der Waals surface area contributed by atoms with E-state index in [1.54, 1.807) is 0 Å². The summed E-state index contributed by atoms with van der Waals surface area (Å²) in [5, 5.41) is 0. The monoisotopic (exact) mass is 287 g/mol. The van der Waals surface area contributed by atoms with Crippen molar-refractivity contribution in [3.05, 3.63) is 84.5 Å². The quantitative estimate of drug-likeness (QED) is 0.855. The van der Waals surface area contributed by atoms with Gasteiger partial charge in [0.05, 0.1) is 11.8 Å². The number of para-hydroxylation sites is 1. The van der Waals surface area contributed by atoms with E-state index in [0.717, 1.165) is 17.0 Å². The Morgan fingerprint density at radius 3 is 2.45 bits per heavy atom. The van der Waals surface area contributed by atoms with Crippen molar-refractivity contribution in [2.75, 3.05) is 10.6 Å². The van der Waals surface area contributed by atoms with E-state index in [-0.39, 0.29) is 12.2 Å². The van der Waals surface area contributed by atoms with Crippen LogP contribution in [0.2, 0.25) is 0 Å². The van der Waals surface area contributed by atoms with Gasteiger partial charge in [-0.15, -0.1) is 0 Å². The summed E-state index contributed by atoms with van der Waals surface area (Å²) >= 11 is 0. The molecule has 2 aromatic rings. The first kappa shape index (κ1) is 12.9. The number of anilines is 2. The normalized spacial score (nSPS) is 22.5. The van der Waals surface area contributed by atoms with Crippen molar-refractivity contribution in [2.45, 2.75) is 12.2 Å². The minimum atomic E-state index is -0.0181. The third-order valence-corrected chi connectivity index (χ3v) is 4.10. The van der Waals surface area contributed by atoms with Crippen molar-refractivity contribution < 1.29 is 0 Å². The second-order valence-corrected chi connectivity index (χ2v) is 5.53. The Hall–Kier alpha value is -2.81. The van der Waals surface area contributed by atoms with Crippen LogP contribution in [0.1, 0.15) is 11.7 Å². The number of hydrogen-bond donors (Lipinski definition) is 1. The van der Waals surface area contributed by atoms with Crippen molar-refractivity contribution in [2.24, 2.45) is 4.99 Å². The second-order valence-electron chi connectivity index (χ2n) is 5.53. The van der Waals surface area contributed by atoms with Crippen LogP contribution >= 0.6 is 0 Å². The zero-order valence-corrected chi connectivity index (χ0v) is 12.1. The van der Waals surface area contributed by atoms with Crippen molar-refractivity contribution in [1.82, 2.24) is 0 Å². The number of nitrogen functional groups attached to an aromatic ring is 1. The van der Waals surface area contributed by atoms with Gasteiger partial charge >= 0.3 is 0 Å². The number of fused-ring (bicyclic) bond motifs is 1. The highest BCUT2D eigenvalue weighted by atomic mass is 15.3. The molecular weight excluding hydrogens is 270 g/mol. The van der Waals surface area contributed by atoms with Gasteiger partial charge in [0.2, 0.25) is 0 Å². The summed E-state index contributed by atoms with van der Waals surface area (Å²) in [5.74, 6) is 0. The van der Waals surface area contributed by atoms with E-state index >= 15 is 0 Å². The molecule has 0 bridgehead atoms. The second kappa shape index (κ2) is 5.19. The highest BCUT2D eigenvalue weighted by molar-refractivity contribution is 6.06. The molecule has 0 saturated carbocycles. The van der Waals surface area contributed by atoms with Crippen LogP contribution in [0.15, 0.2) is 83.9 Å². The van der Waals surface area contributed by atoms with Crippen molar-refractivity contribution in [1.29, 1.82) is 0 Å². The highest BCUT2D eigenvalue weighted by Gasteiger charge is 2.35. The van der Waals surface area contributed by atoms with Crippen molar-refractivity contribution in [3.63, 3.8) is 0 Å². The van der Waals surface area contributed by atoms with E-state index in [4.69, 9.17) is 10.7 Å². The predicted octanol–water partition coefficient (Wildman–Crippen LogP) is 3.72. The van der Waals surface area contributed by atoms with Crippen LogP contribution in [0.4, 0.5) is 11.4 Å². The maximum Gasteiger partial charge on any atom is 0.148 e. The van der Waals surface area contributed by atoms with Gasteiger partial charge in [0.25, 0.3) is 0 Å². The van der Waals surface area contributed by atoms with Crippen molar-refractivity contribution >= 4 is 17.1 Å². The summed E-state index contributed by atoms with van der Waals surface area (Å²) in [5.41, 5.74) is 10.0. The zero-order chi connectivity index (χ0) is 14.9. The molecule has 2 aromatic carbocycles. The van der Waals surface area contributed by atoms with Gasteiger partial charge in [-0.1, -0.05) is 48.6 Å². The summed E-state index contributed by atoms with van der Waals surface area (Å²) in [6.07, 6.45) is 8.41.